The van der Waals surface area contributed by atoms with Gasteiger partial charge in [0.25, 0.3) is 15.9 Å². The van der Waals surface area contributed by atoms with E-state index in [1.807, 2.05) is 20.0 Å². The van der Waals surface area contributed by atoms with Crippen molar-refractivity contribution in [2.45, 2.75) is 74.7 Å². The van der Waals surface area contributed by atoms with Gasteiger partial charge in [-0.15, -0.1) is 6.58 Å². The van der Waals surface area contributed by atoms with Crippen LogP contribution in [0.1, 0.15) is 45.6 Å². The smallest absolute Gasteiger partial charge is 0.266 e. The van der Waals surface area contributed by atoms with E-state index in [1.165, 1.54) is 18.2 Å². The zero-order valence-corrected chi connectivity index (χ0v) is 23.2. The van der Waals surface area contributed by atoms with Crippen LogP contribution in [0.2, 0.25) is 18.1 Å². The van der Waals surface area contributed by atoms with E-state index in [0.717, 1.165) is 9.87 Å². The van der Waals surface area contributed by atoms with Crippen LogP contribution in [0.25, 0.3) is 0 Å². The minimum absolute atomic E-state index is 0.00244. The van der Waals surface area contributed by atoms with Crippen LogP contribution in [0.4, 0.5) is 0 Å². The predicted octanol–water partition coefficient (Wildman–Crippen LogP) is 4.06. The average molecular weight is 516 g/mol. The largest absolute Gasteiger partial charge is 0.415 e. The molecule has 1 aliphatic rings. The number of rotatable bonds is 9. The molecule has 0 saturated carbocycles. The molecule has 1 aliphatic heterocycles. The molecule has 0 radical (unpaired) electrons. The maximum absolute atomic E-state index is 13.8. The number of hydrogen-bond acceptors (Lipinski definition) is 6. The fourth-order valence-corrected chi connectivity index (χ4v) is 8.34. The number of nitrogens with zero attached hydrogens (tertiary/aromatic N) is 1. The lowest BCUT2D eigenvalue weighted by Gasteiger charge is -2.37. The molecule has 1 atom stereocenters. The van der Waals surface area contributed by atoms with E-state index in [4.69, 9.17) is 4.43 Å². The van der Waals surface area contributed by atoms with Crippen molar-refractivity contribution in [2.75, 3.05) is 18.9 Å². The highest BCUT2D eigenvalue weighted by Gasteiger charge is 2.56. The Morgan fingerprint density at radius 1 is 1.24 bits per heavy atom. The van der Waals surface area contributed by atoms with E-state index < -0.39 is 38.8 Å². The molecule has 186 valence electrons. The summed E-state index contributed by atoms with van der Waals surface area (Å²) < 4.78 is 58.2. The van der Waals surface area contributed by atoms with E-state index in [0.29, 0.717) is 6.42 Å². The fourth-order valence-electron chi connectivity index (χ4n) is 3.68. The molecule has 1 heterocycles. The number of amides is 1. The number of benzene rings is 1. The molecule has 1 amide bonds. The van der Waals surface area contributed by atoms with Crippen molar-refractivity contribution < 1.29 is 26.1 Å². The molecule has 2 rings (SSSR count). The molecule has 33 heavy (non-hydrogen) atoms. The highest BCUT2D eigenvalue weighted by molar-refractivity contribution is 7.94. The first-order chi connectivity index (χ1) is 15.0. The molecule has 1 fully saturated rings. The number of allylic oxidation sites excluding steroid dienone is 1. The third-order valence-electron chi connectivity index (χ3n) is 6.85. The standard InChI is InChI=1S/C23H37NO6S2Si/c1-8-14-23(15-9-18-31(23,26)27)21(25)24(16-17-30-33(6,7)22(3,4)5)32(28,29)20-12-10-19(2)11-13-20/h8,10-13H,1,9,14-18H2,2-7H3. The number of aryl methyl sites for hydroxylation is 1. The fraction of sp³-hybridized carbons (Fsp3) is 0.609. The van der Waals surface area contributed by atoms with Crippen LogP contribution in [0, 0.1) is 6.92 Å². The van der Waals surface area contributed by atoms with Crippen molar-refractivity contribution in [2.24, 2.45) is 0 Å². The van der Waals surface area contributed by atoms with E-state index in [1.54, 1.807) is 12.1 Å². The molecular formula is C23H37NO6S2Si. The van der Waals surface area contributed by atoms with Crippen LogP contribution in [-0.4, -0.2) is 59.0 Å². The Morgan fingerprint density at radius 2 is 1.82 bits per heavy atom. The van der Waals surface area contributed by atoms with Gasteiger partial charge in [-0.05, 0) is 56.5 Å². The Kier molecular flexibility index (Phi) is 8.10. The van der Waals surface area contributed by atoms with Crippen LogP contribution >= 0.6 is 0 Å². The van der Waals surface area contributed by atoms with Gasteiger partial charge in [0.2, 0.25) is 0 Å². The van der Waals surface area contributed by atoms with Crippen LogP contribution < -0.4 is 0 Å². The first-order valence-electron chi connectivity index (χ1n) is 11.1. The minimum atomic E-state index is -4.29. The van der Waals surface area contributed by atoms with Gasteiger partial charge in [-0.1, -0.05) is 44.5 Å². The summed E-state index contributed by atoms with van der Waals surface area (Å²) in [5.41, 5.74) is 0.870. The first kappa shape index (κ1) is 27.7. The lowest BCUT2D eigenvalue weighted by Crippen LogP contribution is -2.54. The molecule has 7 nitrogen and oxygen atoms in total. The van der Waals surface area contributed by atoms with Gasteiger partial charge >= 0.3 is 0 Å². The van der Waals surface area contributed by atoms with E-state index in [2.05, 4.69) is 27.4 Å². The van der Waals surface area contributed by atoms with E-state index in [-0.39, 0.29) is 41.7 Å². The van der Waals surface area contributed by atoms with Crippen LogP contribution in [0.5, 0.6) is 0 Å². The maximum atomic E-state index is 13.8. The van der Waals surface area contributed by atoms with Gasteiger partial charge in [-0.3, -0.25) is 4.79 Å². The minimum Gasteiger partial charge on any atom is -0.415 e. The summed E-state index contributed by atoms with van der Waals surface area (Å²) in [6.45, 7) is 15.5. The topological polar surface area (TPSA) is 97.8 Å². The Hall–Kier alpha value is -1.49. The predicted molar refractivity (Wildman–Crippen MR) is 134 cm³/mol. The van der Waals surface area contributed by atoms with Gasteiger partial charge in [-0.2, -0.15) is 0 Å². The Bertz CT molecular complexity index is 1090. The van der Waals surface area contributed by atoms with Gasteiger partial charge in [0, 0.05) is 0 Å². The second-order valence-corrected chi connectivity index (χ2v) is 19.3. The van der Waals surface area contributed by atoms with Gasteiger partial charge in [0.15, 0.2) is 22.9 Å². The van der Waals surface area contributed by atoms with Crippen molar-refractivity contribution >= 4 is 34.1 Å². The number of hydrogen-bond donors (Lipinski definition) is 0. The molecule has 1 aromatic carbocycles. The molecule has 0 aromatic heterocycles. The normalized spacial score (nSPS) is 21.0. The molecule has 0 aliphatic carbocycles. The summed E-state index contributed by atoms with van der Waals surface area (Å²) >= 11 is 0. The quantitative estimate of drug-likeness (QED) is 0.363. The van der Waals surface area contributed by atoms with Crippen molar-refractivity contribution in [3.63, 3.8) is 0 Å². The molecule has 1 saturated heterocycles. The maximum Gasteiger partial charge on any atom is 0.266 e. The number of carbonyl (C=O) groups excluding carboxylic acids is 1. The van der Waals surface area contributed by atoms with Crippen molar-refractivity contribution in [1.82, 2.24) is 4.31 Å². The molecule has 1 unspecified atom stereocenters. The van der Waals surface area contributed by atoms with Gasteiger partial charge in [0.05, 0.1) is 23.8 Å². The number of sulfone groups is 1. The zero-order valence-electron chi connectivity index (χ0n) is 20.5. The highest BCUT2D eigenvalue weighted by Crippen LogP contribution is 2.39. The summed E-state index contributed by atoms with van der Waals surface area (Å²) in [4.78, 5) is 13.7. The van der Waals surface area contributed by atoms with Gasteiger partial charge in [0.1, 0.15) is 0 Å². The first-order valence-corrected chi connectivity index (χ1v) is 17.1. The molecule has 10 heteroatoms. The molecule has 0 bridgehead atoms. The zero-order chi connectivity index (χ0) is 25.3. The summed E-state index contributed by atoms with van der Waals surface area (Å²) in [7, 11) is -10.3. The van der Waals surface area contributed by atoms with Crippen molar-refractivity contribution in [3.05, 3.63) is 42.5 Å². The summed E-state index contributed by atoms with van der Waals surface area (Å²) in [6.07, 6.45) is 1.63. The van der Waals surface area contributed by atoms with Crippen molar-refractivity contribution in [1.29, 1.82) is 0 Å². The average Bonchev–Trinajstić information content (AvgIpc) is 2.99. The third-order valence-corrected chi connectivity index (χ3v) is 15.7. The SMILES string of the molecule is C=CCC1(C(=O)N(CCO[Si](C)(C)C(C)(C)C)S(=O)(=O)c2ccc(C)cc2)CCCS1(=O)=O. The highest BCUT2D eigenvalue weighted by atomic mass is 32.2. The Balaban J connectivity index is 2.51. The van der Waals surface area contributed by atoms with Crippen LogP contribution in [0.15, 0.2) is 41.8 Å². The third kappa shape index (κ3) is 5.44. The second kappa shape index (κ2) is 9.63. The van der Waals surface area contributed by atoms with Crippen molar-refractivity contribution in [3.8, 4) is 0 Å². The van der Waals surface area contributed by atoms with E-state index in [9.17, 15) is 21.6 Å². The molecule has 1 aromatic rings. The van der Waals surface area contributed by atoms with Crippen LogP contribution in [0.3, 0.4) is 0 Å². The number of carbonyl (C=O) groups is 1. The Labute approximate surface area is 200 Å². The lowest BCUT2D eigenvalue weighted by molar-refractivity contribution is -0.129. The summed E-state index contributed by atoms with van der Waals surface area (Å²) in [5, 5.41) is -0.101. The second-order valence-electron chi connectivity index (χ2n) is 10.2. The Morgan fingerprint density at radius 3 is 2.27 bits per heavy atom. The van der Waals surface area contributed by atoms with Crippen LogP contribution in [-0.2, 0) is 29.1 Å². The van der Waals surface area contributed by atoms with Gasteiger partial charge in [-0.25, -0.2) is 21.1 Å². The summed E-state index contributed by atoms with van der Waals surface area (Å²) in [6, 6.07) is 6.16. The van der Waals surface area contributed by atoms with Gasteiger partial charge < -0.3 is 4.43 Å². The lowest BCUT2D eigenvalue weighted by atomic mass is 9.98. The molecule has 0 N–H and O–H groups in total. The van der Waals surface area contributed by atoms with E-state index >= 15 is 0 Å². The number of sulfonamides is 1. The summed E-state index contributed by atoms with van der Waals surface area (Å²) in [5.74, 6) is -1.06. The molecule has 0 spiro atoms. The molecular weight excluding hydrogens is 478 g/mol. The monoisotopic (exact) mass is 515 g/mol.